The number of sulfonamides is 1. The fraction of sp³-hybridized carbons (Fsp3) is 0.440. The minimum absolute atomic E-state index is 0.00826. The van der Waals surface area contributed by atoms with Crippen LogP contribution in [0.3, 0.4) is 0 Å². The molecule has 0 fully saturated rings. The summed E-state index contributed by atoms with van der Waals surface area (Å²) in [4.78, 5) is 27.9. The van der Waals surface area contributed by atoms with Crippen molar-refractivity contribution in [1.82, 2.24) is 10.2 Å². The predicted octanol–water partition coefficient (Wildman–Crippen LogP) is 4.71. The molecule has 2 rings (SSSR count). The van der Waals surface area contributed by atoms with Crippen molar-refractivity contribution in [3.63, 3.8) is 0 Å². The van der Waals surface area contributed by atoms with Crippen LogP contribution < -0.4 is 9.62 Å². The highest BCUT2D eigenvalue weighted by Gasteiger charge is 2.31. The minimum atomic E-state index is -3.80. The molecule has 0 spiro atoms. The lowest BCUT2D eigenvalue weighted by molar-refractivity contribution is -0.139. The van der Waals surface area contributed by atoms with Crippen LogP contribution in [0.25, 0.3) is 0 Å². The van der Waals surface area contributed by atoms with Gasteiger partial charge < -0.3 is 10.2 Å². The summed E-state index contributed by atoms with van der Waals surface area (Å²) in [5.41, 5.74) is 2.66. The van der Waals surface area contributed by atoms with Gasteiger partial charge in [0, 0.05) is 22.6 Å². The van der Waals surface area contributed by atoms with E-state index in [0.29, 0.717) is 21.3 Å². The summed E-state index contributed by atoms with van der Waals surface area (Å²) in [5, 5.41) is 3.68. The van der Waals surface area contributed by atoms with Gasteiger partial charge in [-0.3, -0.25) is 13.9 Å². The van der Waals surface area contributed by atoms with E-state index in [-0.39, 0.29) is 18.5 Å². The van der Waals surface area contributed by atoms with Gasteiger partial charge in [0.2, 0.25) is 21.8 Å². The van der Waals surface area contributed by atoms with Gasteiger partial charge in [0.25, 0.3) is 0 Å². The lowest BCUT2D eigenvalue weighted by Crippen LogP contribution is -2.52. The Balaban J connectivity index is 2.47. The number of hydrogen-bond acceptors (Lipinski definition) is 4. The van der Waals surface area contributed by atoms with Gasteiger partial charge in [-0.15, -0.1) is 0 Å². The highest BCUT2D eigenvalue weighted by molar-refractivity contribution is 7.92. The van der Waals surface area contributed by atoms with Gasteiger partial charge in [-0.1, -0.05) is 48.3 Å². The van der Waals surface area contributed by atoms with E-state index >= 15 is 0 Å². The number of hydrogen-bond donors (Lipinski definition) is 1. The highest BCUT2D eigenvalue weighted by atomic mass is 35.5. The molecule has 10 heteroatoms. The number of benzene rings is 2. The van der Waals surface area contributed by atoms with Crippen LogP contribution in [0.2, 0.25) is 10.0 Å². The van der Waals surface area contributed by atoms with Gasteiger partial charge in [0.15, 0.2) is 0 Å². The molecule has 1 N–H and O–H groups in total. The van der Waals surface area contributed by atoms with E-state index in [0.717, 1.165) is 28.1 Å². The normalized spacial score (nSPS) is 13.1. The standard InChI is InChI=1S/C25H33Cl2N3O4S/c1-7-17(3)28-25(32)19(5)29(14-20-11-12-21(26)13-22(20)27)24(31)15-30(35(6,33)34)23-10-8-9-16(2)18(23)4/h8-13,17,19H,7,14-15H2,1-6H3,(H,28,32)/t17-,19-/m1/s1. The van der Waals surface area contributed by atoms with E-state index in [1.165, 1.54) is 4.90 Å². The molecule has 2 aromatic rings. The summed E-state index contributed by atoms with van der Waals surface area (Å²) in [6.45, 7) is 8.66. The molecule has 0 saturated heterocycles. The largest absolute Gasteiger partial charge is 0.352 e. The Bertz CT molecular complexity index is 1190. The molecule has 2 aromatic carbocycles. The number of rotatable bonds is 10. The molecule has 0 unspecified atom stereocenters. The monoisotopic (exact) mass is 541 g/mol. The zero-order chi connectivity index (χ0) is 26.5. The van der Waals surface area contributed by atoms with Crippen LogP contribution in [0.4, 0.5) is 5.69 Å². The molecule has 0 bridgehead atoms. The zero-order valence-electron chi connectivity index (χ0n) is 20.9. The van der Waals surface area contributed by atoms with Crippen LogP contribution in [0.1, 0.15) is 43.9 Å². The molecule has 0 saturated carbocycles. The molecule has 0 aliphatic heterocycles. The maximum absolute atomic E-state index is 13.6. The average molecular weight is 543 g/mol. The van der Waals surface area contributed by atoms with Crippen molar-refractivity contribution in [3.8, 4) is 0 Å². The van der Waals surface area contributed by atoms with Crippen molar-refractivity contribution in [2.45, 2.75) is 59.7 Å². The summed E-state index contributed by atoms with van der Waals surface area (Å²) < 4.78 is 26.5. The number of aryl methyl sites for hydroxylation is 1. The fourth-order valence-corrected chi connectivity index (χ4v) is 4.85. The zero-order valence-corrected chi connectivity index (χ0v) is 23.3. The average Bonchev–Trinajstić information content (AvgIpc) is 2.77. The Morgan fingerprint density at radius 2 is 1.74 bits per heavy atom. The predicted molar refractivity (Wildman–Crippen MR) is 142 cm³/mol. The van der Waals surface area contributed by atoms with E-state index in [2.05, 4.69) is 5.32 Å². The van der Waals surface area contributed by atoms with E-state index in [9.17, 15) is 18.0 Å². The highest BCUT2D eigenvalue weighted by Crippen LogP contribution is 2.27. The molecule has 2 atom stereocenters. The molecule has 35 heavy (non-hydrogen) atoms. The third-order valence-corrected chi connectivity index (χ3v) is 7.76. The maximum atomic E-state index is 13.6. The molecule has 2 amide bonds. The Hall–Kier alpha value is -2.29. The van der Waals surface area contributed by atoms with Gasteiger partial charge in [0.05, 0.1) is 11.9 Å². The van der Waals surface area contributed by atoms with Crippen molar-refractivity contribution in [2.24, 2.45) is 0 Å². The minimum Gasteiger partial charge on any atom is -0.352 e. The van der Waals surface area contributed by atoms with Crippen LogP contribution in [0, 0.1) is 13.8 Å². The number of carbonyl (C=O) groups excluding carboxylic acids is 2. The van der Waals surface area contributed by atoms with Crippen LogP contribution in [0.5, 0.6) is 0 Å². The van der Waals surface area contributed by atoms with Crippen molar-refractivity contribution >= 4 is 50.7 Å². The molecule has 0 heterocycles. The Labute approximate surface area is 218 Å². The molecule has 0 radical (unpaired) electrons. The first-order valence-corrected chi connectivity index (χ1v) is 13.9. The van der Waals surface area contributed by atoms with Crippen LogP contribution in [-0.2, 0) is 26.2 Å². The summed E-state index contributed by atoms with van der Waals surface area (Å²) in [7, 11) is -3.80. The SMILES string of the molecule is CC[C@@H](C)NC(=O)[C@@H](C)N(Cc1ccc(Cl)cc1Cl)C(=O)CN(c1cccc(C)c1C)S(C)(=O)=O. The van der Waals surface area contributed by atoms with Crippen LogP contribution >= 0.6 is 23.2 Å². The number of halogens is 2. The van der Waals surface area contributed by atoms with Crippen molar-refractivity contribution in [2.75, 3.05) is 17.1 Å². The van der Waals surface area contributed by atoms with Crippen molar-refractivity contribution < 1.29 is 18.0 Å². The topological polar surface area (TPSA) is 86.8 Å². The smallest absolute Gasteiger partial charge is 0.244 e. The van der Waals surface area contributed by atoms with E-state index in [4.69, 9.17) is 23.2 Å². The lowest BCUT2D eigenvalue weighted by Gasteiger charge is -2.32. The number of anilines is 1. The number of amides is 2. The first kappa shape index (κ1) is 28.9. The number of carbonyl (C=O) groups is 2. The van der Waals surface area contributed by atoms with Crippen molar-refractivity contribution in [1.29, 1.82) is 0 Å². The van der Waals surface area contributed by atoms with Gasteiger partial charge in [-0.2, -0.15) is 0 Å². The summed E-state index contributed by atoms with van der Waals surface area (Å²) in [6, 6.07) is 9.22. The fourth-order valence-electron chi connectivity index (χ4n) is 3.48. The van der Waals surface area contributed by atoms with Crippen LogP contribution in [0.15, 0.2) is 36.4 Å². The molecular formula is C25H33Cl2N3O4S. The molecule has 192 valence electrons. The molecule has 0 aliphatic carbocycles. The Morgan fingerprint density at radius 3 is 2.31 bits per heavy atom. The van der Waals surface area contributed by atoms with Crippen LogP contribution in [-0.4, -0.2) is 50.0 Å². The van der Waals surface area contributed by atoms with Gasteiger partial charge in [0.1, 0.15) is 12.6 Å². The second kappa shape index (κ2) is 12.1. The maximum Gasteiger partial charge on any atom is 0.244 e. The third-order valence-electron chi connectivity index (χ3n) is 6.05. The lowest BCUT2D eigenvalue weighted by atomic mass is 10.1. The van der Waals surface area contributed by atoms with Gasteiger partial charge in [-0.25, -0.2) is 8.42 Å². The second-order valence-corrected chi connectivity index (χ2v) is 11.5. The molecular weight excluding hydrogens is 509 g/mol. The molecule has 0 aliphatic rings. The van der Waals surface area contributed by atoms with E-state index in [1.54, 1.807) is 44.2 Å². The number of nitrogens with one attached hydrogen (secondary N) is 1. The first-order valence-electron chi connectivity index (χ1n) is 11.3. The second-order valence-electron chi connectivity index (χ2n) is 8.74. The van der Waals surface area contributed by atoms with E-state index < -0.39 is 28.5 Å². The Morgan fingerprint density at radius 1 is 1.09 bits per heavy atom. The number of nitrogens with zero attached hydrogens (tertiary/aromatic N) is 2. The molecule has 0 aromatic heterocycles. The van der Waals surface area contributed by atoms with Crippen molar-refractivity contribution in [3.05, 3.63) is 63.1 Å². The van der Waals surface area contributed by atoms with E-state index in [1.807, 2.05) is 26.8 Å². The summed E-state index contributed by atoms with van der Waals surface area (Å²) >= 11 is 12.4. The Kier molecular flexibility index (Phi) is 10.0. The summed E-state index contributed by atoms with van der Waals surface area (Å²) in [5.74, 6) is -0.871. The first-order chi connectivity index (χ1) is 16.3. The third kappa shape index (κ3) is 7.59. The van der Waals surface area contributed by atoms with Gasteiger partial charge in [-0.05, 0) is 69.0 Å². The quantitative estimate of drug-likeness (QED) is 0.471. The summed E-state index contributed by atoms with van der Waals surface area (Å²) in [6.07, 6.45) is 1.78. The van der Waals surface area contributed by atoms with Gasteiger partial charge >= 0.3 is 0 Å². The molecule has 7 nitrogen and oxygen atoms in total.